The number of halogens is 1. The summed E-state index contributed by atoms with van der Waals surface area (Å²) in [5.41, 5.74) is 1.30. The average Bonchev–Trinajstić information content (AvgIpc) is 2.27. The Hall–Kier alpha value is -1.34. The van der Waals surface area contributed by atoms with Gasteiger partial charge >= 0.3 is 5.97 Å². The van der Waals surface area contributed by atoms with Gasteiger partial charge < -0.3 is 4.74 Å². The Morgan fingerprint density at radius 2 is 2.07 bits per heavy atom. The summed E-state index contributed by atoms with van der Waals surface area (Å²) < 4.78 is 4.55. The van der Waals surface area contributed by atoms with Crippen LogP contribution in [0.2, 0.25) is 0 Å². The molecular weight excluding hydrogens is 246 g/mol. The summed E-state index contributed by atoms with van der Waals surface area (Å²) in [4.78, 5) is 10.7. The third-order valence-corrected chi connectivity index (χ3v) is 2.47. The van der Waals surface area contributed by atoms with Crippen molar-refractivity contribution in [3.63, 3.8) is 0 Å². The van der Waals surface area contributed by atoms with Crippen LogP contribution < -0.4 is 0 Å². The first kappa shape index (κ1) is 10.7. The Balaban J connectivity index is 2.90. The highest BCUT2D eigenvalue weighted by molar-refractivity contribution is 9.09. The largest absolute Gasteiger partial charge is 0.465 e. The lowest BCUT2D eigenvalue weighted by atomic mass is 10.1. The number of alkyl halides is 1. The summed E-state index contributed by atoms with van der Waals surface area (Å²) in [7, 11) is 1.33. The maximum atomic E-state index is 11.1. The first-order valence-corrected chi connectivity index (χ1v) is 4.82. The molecule has 1 unspecified atom stereocenters. The Morgan fingerprint density at radius 3 is 2.50 bits per heavy atom. The minimum atomic E-state index is -0.375. The predicted molar refractivity (Wildman–Crippen MR) is 55.1 cm³/mol. The molecule has 1 atom stereocenters. The van der Waals surface area contributed by atoms with Crippen molar-refractivity contribution < 1.29 is 9.53 Å². The highest BCUT2D eigenvalue weighted by Crippen LogP contribution is 2.21. The Kier molecular flexibility index (Phi) is 3.66. The second-order valence-corrected chi connectivity index (χ2v) is 3.52. The number of rotatable bonds is 2. The van der Waals surface area contributed by atoms with Crippen molar-refractivity contribution in [1.82, 2.24) is 0 Å². The van der Waals surface area contributed by atoms with Crippen molar-refractivity contribution in [2.75, 3.05) is 7.11 Å². The number of methoxy groups -OCH3 is 1. The lowest BCUT2D eigenvalue weighted by Crippen LogP contribution is -2.00. The lowest BCUT2D eigenvalue weighted by molar-refractivity contribution is 0.0601. The molecule has 0 fully saturated rings. The molecule has 0 amide bonds. The second kappa shape index (κ2) is 4.77. The van der Waals surface area contributed by atoms with Crippen LogP contribution >= 0.6 is 15.9 Å². The fourth-order valence-electron chi connectivity index (χ4n) is 0.981. The van der Waals surface area contributed by atoms with Crippen molar-refractivity contribution in [3.05, 3.63) is 35.4 Å². The van der Waals surface area contributed by atoms with E-state index in [1.807, 2.05) is 6.07 Å². The van der Waals surface area contributed by atoms with Gasteiger partial charge in [0.05, 0.1) is 18.7 Å². The number of carbonyl (C=O) groups excluding carboxylic acids is 1. The monoisotopic (exact) mass is 253 g/mol. The van der Waals surface area contributed by atoms with Gasteiger partial charge in [-0.2, -0.15) is 5.26 Å². The van der Waals surface area contributed by atoms with Crippen LogP contribution in [0.25, 0.3) is 0 Å². The fourth-order valence-corrected chi connectivity index (χ4v) is 1.29. The molecule has 0 saturated carbocycles. The summed E-state index contributed by atoms with van der Waals surface area (Å²) in [6.45, 7) is 0. The number of hydrogen-bond acceptors (Lipinski definition) is 3. The zero-order chi connectivity index (χ0) is 10.6. The van der Waals surface area contributed by atoms with Gasteiger partial charge in [0.25, 0.3) is 0 Å². The SMILES string of the molecule is COC(=O)c1ccc(C(Br)C#N)cc1. The van der Waals surface area contributed by atoms with Gasteiger partial charge in [-0.05, 0) is 17.7 Å². The van der Waals surface area contributed by atoms with Crippen LogP contribution in [0.3, 0.4) is 0 Å². The van der Waals surface area contributed by atoms with E-state index in [4.69, 9.17) is 5.26 Å². The quantitative estimate of drug-likeness (QED) is 0.601. The van der Waals surface area contributed by atoms with Gasteiger partial charge in [-0.25, -0.2) is 4.79 Å². The van der Waals surface area contributed by atoms with Crippen molar-refractivity contribution >= 4 is 21.9 Å². The topological polar surface area (TPSA) is 50.1 Å². The summed E-state index contributed by atoms with van der Waals surface area (Å²) in [5.74, 6) is -0.375. The second-order valence-electron chi connectivity index (χ2n) is 2.61. The van der Waals surface area contributed by atoms with Gasteiger partial charge in [0.1, 0.15) is 4.83 Å². The van der Waals surface area contributed by atoms with E-state index >= 15 is 0 Å². The Labute approximate surface area is 90.4 Å². The van der Waals surface area contributed by atoms with E-state index in [2.05, 4.69) is 20.7 Å². The van der Waals surface area contributed by atoms with Gasteiger partial charge in [-0.3, -0.25) is 0 Å². The van der Waals surface area contributed by atoms with Gasteiger partial charge in [-0.1, -0.05) is 28.1 Å². The molecule has 0 N–H and O–H groups in total. The molecule has 0 saturated heterocycles. The highest BCUT2D eigenvalue weighted by Gasteiger charge is 2.08. The molecular formula is C10H8BrNO2. The smallest absolute Gasteiger partial charge is 0.337 e. The molecule has 0 bridgehead atoms. The van der Waals surface area contributed by atoms with Gasteiger partial charge in [-0.15, -0.1) is 0 Å². The van der Waals surface area contributed by atoms with Crippen molar-refractivity contribution in [1.29, 1.82) is 5.26 Å². The standard InChI is InChI=1S/C10H8BrNO2/c1-14-10(13)8-4-2-7(3-5-8)9(11)6-12/h2-5,9H,1H3. The molecule has 0 aliphatic carbocycles. The number of esters is 1. The van der Waals surface area contributed by atoms with E-state index < -0.39 is 0 Å². The number of benzene rings is 1. The van der Waals surface area contributed by atoms with Crippen LogP contribution in [-0.4, -0.2) is 13.1 Å². The molecule has 0 aliphatic heterocycles. The first-order valence-electron chi connectivity index (χ1n) is 3.91. The van der Waals surface area contributed by atoms with Crippen LogP contribution in [0.1, 0.15) is 20.7 Å². The third kappa shape index (κ3) is 2.33. The maximum absolute atomic E-state index is 11.1. The van der Waals surface area contributed by atoms with E-state index in [0.717, 1.165) is 5.56 Å². The molecule has 72 valence electrons. The summed E-state index contributed by atoms with van der Waals surface area (Å²) in [6, 6.07) is 8.74. The first-order chi connectivity index (χ1) is 6.69. The summed E-state index contributed by atoms with van der Waals surface area (Å²) in [6.07, 6.45) is 0. The molecule has 4 heteroatoms. The van der Waals surface area contributed by atoms with E-state index in [0.29, 0.717) is 5.56 Å². The molecule has 1 aromatic rings. The van der Waals surface area contributed by atoms with Crippen LogP contribution in [-0.2, 0) is 4.74 Å². The third-order valence-electron chi connectivity index (χ3n) is 1.74. The molecule has 14 heavy (non-hydrogen) atoms. The normalized spacial score (nSPS) is 11.5. The van der Waals surface area contributed by atoms with Crippen LogP contribution in [0.15, 0.2) is 24.3 Å². The molecule has 0 aliphatic rings. The molecule has 0 radical (unpaired) electrons. The molecule has 0 heterocycles. The maximum Gasteiger partial charge on any atom is 0.337 e. The zero-order valence-electron chi connectivity index (χ0n) is 7.53. The highest BCUT2D eigenvalue weighted by atomic mass is 79.9. The Morgan fingerprint density at radius 1 is 1.50 bits per heavy atom. The molecule has 0 spiro atoms. The minimum Gasteiger partial charge on any atom is -0.465 e. The van der Waals surface area contributed by atoms with Crippen LogP contribution in [0, 0.1) is 11.3 Å². The Bertz CT molecular complexity index is 367. The number of ether oxygens (including phenoxy) is 1. The summed E-state index contributed by atoms with van der Waals surface area (Å²) in [5, 5.41) is 8.62. The summed E-state index contributed by atoms with van der Waals surface area (Å²) >= 11 is 3.19. The molecule has 1 aromatic carbocycles. The van der Waals surface area contributed by atoms with E-state index in [9.17, 15) is 4.79 Å². The average molecular weight is 254 g/mol. The predicted octanol–water partition coefficient (Wildman–Crippen LogP) is 2.43. The molecule has 0 aromatic heterocycles. The number of carbonyl (C=O) groups is 1. The van der Waals surface area contributed by atoms with E-state index in [-0.39, 0.29) is 10.8 Å². The van der Waals surface area contributed by atoms with Gasteiger partial charge in [0, 0.05) is 0 Å². The van der Waals surface area contributed by atoms with Gasteiger partial charge in [0.2, 0.25) is 0 Å². The van der Waals surface area contributed by atoms with Crippen molar-refractivity contribution in [2.45, 2.75) is 4.83 Å². The van der Waals surface area contributed by atoms with Crippen LogP contribution in [0.5, 0.6) is 0 Å². The number of hydrogen-bond donors (Lipinski definition) is 0. The number of nitriles is 1. The van der Waals surface area contributed by atoms with Crippen LogP contribution in [0.4, 0.5) is 0 Å². The van der Waals surface area contributed by atoms with E-state index in [1.54, 1.807) is 24.3 Å². The van der Waals surface area contributed by atoms with Gasteiger partial charge in [0.15, 0.2) is 0 Å². The van der Waals surface area contributed by atoms with Crippen molar-refractivity contribution in [2.24, 2.45) is 0 Å². The lowest BCUT2D eigenvalue weighted by Gasteiger charge is -2.02. The zero-order valence-corrected chi connectivity index (χ0v) is 9.11. The molecule has 1 rings (SSSR count). The van der Waals surface area contributed by atoms with E-state index in [1.165, 1.54) is 7.11 Å². The van der Waals surface area contributed by atoms with Crippen molar-refractivity contribution in [3.8, 4) is 6.07 Å². The minimum absolute atomic E-state index is 0.339. The number of nitrogens with zero attached hydrogens (tertiary/aromatic N) is 1. The fraction of sp³-hybridized carbons (Fsp3) is 0.200. The molecule has 3 nitrogen and oxygen atoms in total.